The van der Waals surface area contributed by atoms with Gasteiger partial charge in [-0.25, -0.2) is 14.4 Å². The van der Waals surface area contributed by atoms with Crippen molar-refractivity contribution in [3.05, 3.63) is 120 Å². The van der Waals surface area contributed by atoms with Crippen molar-refractivity contribution < 1.29 is 43.2 Å². The van der Waals surface area contributed by atoms with Crippen LogP contribution in [0.4, 0.5) is 4.79 Å². The van der Waals surface area contributed by atoms with Crippen LogP contribution in [-0.4, -0.2) is 70.8 Å². The van der Waals surface area contributed by atoms with Gasteiger partial charge in [0, 0.05) is 0 Å². The summed E-state index contributed by atoms with van der Waals surface area (Å²) < 4.78 is 26.6. The first-order valence-corrected chi connectivity index (χ1v) is 15.6. The highest BCUT2D eigenvalue weighted by Crippen LogP contribution is 2.29. The van der Waals surface area contributed by atoms with Crippen molar-refractivity contribution in [3.63, 3.8) is 0 Å². The van der Waals surface area contributed by atoms with Crippen LogP contribution in [0.5, 0.6) is 0 Å². The summed E-state index contributed by atoms with van der Waals surface area (Å²) in [7, 11) is 0. The number of fused-ring (bicyclic) bond motifs is 1. The Kier molecular flexibility index (Phi) is 11.6. The average Bonchev–Trinajstić information content (AvgIpc) is 3.08. The smallest absolute Gasteiger partial charge is 0.407 e. The maximum atomic E-state index is 13.1. The summed E-state index contributed by atoms with van der Waals surface area (Å²) in [5, 5.41) is 16.1. The molecule has 47 heavy (non-hydrogen) atoms. The lowest BCUT2D eigenvalue weighted by Crippen LogP contribution is -2.65. The van der Waals surface area contributed by atoms with Crippen LogP contribution in [0.15, 0.2) is 103 Å². The Labute approximate surface area is 285 Å². The number of alkyl halides is 3. The average molecular weight is 703 g/mol. The van der Waals surface area contributed by atoms with E-state index in [0.717, 1.165) is 16.3 Å². The highest BCUT2D eigenvalue weighted by molar-refractivity contribution is 6.67. The minimum atomic E-state index is -1.90. The van der Waals surface area contributed by atoms with Gasteiger partial charge < -0.3 is 34.1 Å². The van der Waals surface area contributed by atoms with Gasteiger partial charge in [0.2, 0.25) is 3.79 Å². The van der Waals surface area contributed by atoms with Crippen molar-refractivity contribution >= 4 is 63.6 Å². The molecular formula is C34H30Cl3NO9. The van der Waals surface area contributed by atoms with Crippen LogP contribution in [0.3, 0.4) is 0 Å². The summed E-state index contributed by atoms with van der Waals surface area (Å²) >= 11 is 17.2. The van der Waals surface area contributed by atoms with Crippen molar-refractivity contribution in [3.8, 4) is 0 Å². The number of ether oxygens (including phenoxy) is 5. The third-order valence-corrected chi connectivity index (χ3v) is 7.52. The molecule has 5 rings (SSSR count). The molecule has 0 aliphatic carbocycles. The molecule has 13 heteroatoms. The number of carbonyl (C=O) groups excluding carboxylic acids is 3. The second kappa shape index (κ2) is 15.8. The molecule has 4 aromatic carbocycles. The van der Waals surface area contributed by atoms with E-state index in [1.54, 1.807) is 48.5 Å². The standard InChI is InChI=1S/C34H30Cl3NO9/c35-34(36,37)20-45-33(42)38-27-28(39)29(47-31(41)24-12-5-2-6-13-24)26(19-43-30(40)23-10-3-1-4-11-23)46-32(27)44-18-21-15-16-22-9-7-8-14-25(22)17-21/h1-17,26-29,32,39H,18-20H2,(H,38,42)/t26-,27-,28-,29-,32-/m1/s1. The lowest BCUT2D eigenvalue weighted by atomic mass is 9.96. The topological polar surface area (TPSA) is 130 Å². The van der Waals surface area contributed by atoms with E-state index in [2.05, 4.69) is 5.32 Å². The molecule has 2 N–H and O–H groups in total. The van der Waals surface area contributed by atoms with Gasteiger partial charge in [0.1, 0.15) is 31.5 Å². The van der Waals surface area contributed by atoms with Gasteiger partial charge in [-0.2, -0.15) is 0 Å². The zero-order chi connectivity index (χ0) is 33.4. The molecule has 1 fully saturated rings. The fourth-order valence-corrected chi connectivity index (χ4v) is 5.07. The number of hydrogen-bond donors (Lipinski definition) is 2. The van der Waals surface area contributed by atoms with E-state index < -0.39 is 65.7 Å². The Morgan fingerprint density at radius 2 is 1.40 bits per heavy atom. The van der Waals surface area contributed by atoms with Crippen LogP contribution < -0.4 is 5.32 Å². The fraction of sp³-hybridized carbons (Fsp3) is 0.265. The summed E-state index contributed by atoms with van der Waals surface area (Å²) in [6.45, 7) is -1.04. The molecule has 1 aliphatic rings. The molecule has 0 bridgehead atoms. The van der Waals surface area contributed by atoms with Crippen LogP contribution in [-0.2, 0) is 30.3 Å². The Hall–Kier alpha value is -3.90. The lowest BCUT2D eigenvalue weighted by molar-refractivity contribution is -0.272. The SMILES string of the molecule is O=C(N[C@H]1[C@H](OCc2ccc3ccccc3c2)O[C@H](COC(=O)c2ccccc2)[C@@H](OC(=O)c2ccccc2)[C@@H]1O)OCC(Cl)(Cl)Cl. The van der Waals surface area contributed by atoms with E-state index in [1.807, 2.05) is 42.5 Å². The first-order chi connectivity index (χ1) is 22.6. The fourth-order valence-electron chi connectivity index (χ4n) is 4.91. The molecule has 10 nitrogen and oxygen atoms in total. The van der Waals surface area contributed by atoms with Gasteiger partial charge in [-0.1, -0.05) is 108 Å². The summed E-state index contributed by atoms with van der Waals surface area (Å²) in [5.41, 5.74) is 1.24. The molecule has 1 amide bonds. The first kappa shape index (κ1) is 34.4. The van der Waals surface area contributed by atoms with Crippen molar-refractivity contribution in [1.82, 2.24) is 5.32 Å². The maximum Gasteiger partial charge on any atom is 0.407 e. The van der Waals surface area contributed by atoms with Crippen LogP contribution in [0.1, 0.15) is 26.3 Å². The monoisotopic (exact) mass is 701 g/mol. The molecule has 1 heterocycles. The Morgan fingerprint density at radius 3 is 2.06 bits per heavy atom. The minimum absolute atomic E-state index is 0.00536. The highest BCUT2D eigenvalue weighted by atomic mass is 35.6. The van der Waals surface area contributed by atoms with Crippen molar-refractivity contribution in [2.45, 2.75) is 41.0 Å². The number of aliphatic hydroxyl groups is 1. The number of alkyl carbamates (subject to hydrolysis) is 1. The molecule has 0 radical (unpaired) electrons. The van der Waals surface area contributed by atoms with Crippen LogP contribution in [0.25, 0.3) is 10.8 Å². The number of rotatable bonds is 10. The molecule has 1 saturated heterocycles. The van der Waals surface area contributed by atoms with E-state index >= 15 is 0 Å². The van der Waals surface area contributed by atoms with Gasteiger partial charge in [-0.3, -0.25) is 0 Å². The quantitative estimate of drug-likeness (QED) is 0.116. The van der Waals surface area contributed by atoms with E-state index in [9.17, 15) is 19.5 Å². The molecule has 0 spiro atoms. The third-order valence-electron chi connectivity index (χ3n) is 7.19. The van der Waals surface area contributed by atoms with Gasteiger partial charge >= 0.3 is 18.0 Å². The third kappa shape index (κ3) is 9.57. The number of amides is 1. The van der Waals surface area contributed by atoms with Gasteiger partial charge in [-0.15, -0.1) is 0 Å². The van der Waals surface area contributed by atoms with Crippen LogP contribution in [0, 0.1) is 0 Å². The normalized spacial score (nSPS) is 21.1. The second-order valence-corrected chi connectivity index (χ2v) is 13.1. The minimum Gasteiger partial charge on any atom is -0.459 e. The van der Waals surface area contributed by atoms with Crippen LogP contribution in [0.2, 0.25) is 0 Å². The van der Waals surface area contributed by atoms with Crippen molar-refractivity contribution in [2.24, 2.45) is 0 Å². The number of aliphatic hydroxyl groups excluding tert-OH is 1. The van der Waals surface area contributed by atoms with Gasteiger partial charge in [0.05, 0.1) is 17.7 Å². The zero-order valence-electron chi connectivity index (χ0n) is 24.7. The highest BCUT2D eigenvalue weighted by Gasteiger charge is 2.49. The second-order valence-electron chi connectivity index (χ2n) is 10.6. The number of esters is 2. The lowest BCUT2D eigenvalue weighted by Gasteiger charge is -2.43. The van der Waals surface area contributed by atoms with Gasteiger partial charge in [0.25, 0.3) is 0 Å². The van der Waals surface area contributed by atoms with E-state index in [-0.39, 0.29) is 17.7 Å². The van der Waals surface area contributed by atoms with E-state index in [0.29, 0.717) is 0 Å². The number of nitrogens with one attached hydrogen (secondary N) is 1. The Bertz CT molecular complexity index is 1670. The van der Waals surface area contributed by atoms with Gasteiger partial charge in [-0.05, 0) is 46.7 Å². The first-order valence-electron chi connectivity index (χ1n) is 14.5. The molecule has 0 aromatic heterocycles. The maximum absolute atomic E-state index is 13.1. The zero-order valence-corrected chi connectivity index (χ0v) is 26.9. The summed E-state index contributed by atoms with van der Waals surface area (Å²) in [6, 6.07) is 28.5. The molecule has 1 aliphatic heterocycles. The number of hydrogen-bond acceptors (Lipinski definition) is 9. The van der Waals surface area contributed by atoms with E-state index in [1.165, 1.54) is 12.1 Å². The largest absolute Gasteiger partial charge is 0.459 e. The van der Waals surface area contributed by atoms with E-state index in [4.69, 9.17) is 58.5 Å². The predicted octanol–water partition coefficient (Wildman–Crippen LogP) is 5.99. The summed E-state index contributed by atoms with van der Waals surface area (Å²) in [4.78, 5) is 38.7. The summed E-state index contributed by atoms with van der Waals surface area (Å²) in [6.07, 6.45) is -6.71. The number of benzene rings is 4. The Morgan fingerprint density at radius 1 is 0.787 bits per heavy atom. The van der Waals surface area contributed by atoms with Crippen molar-refractivity contribution in [2.75, 3.05) is 13.2 Å². The number of carbonyl (C=O) groups is 3. The number of halogens is 3. The molecule has 0 unspecified atom stereocenters. The summed E-state index contributed by atoms with van der Waals surface area (Å²) in [5.74, 6) is -1.45. The van der Waals surface area contributed by atoms with Crippen molar-refractivity contribution in [1.29, 1.82) is 0 Å². The van der Waals surface area contributed by atoms with Gasteiger partial charge in [0.15, 0.2) is 12.4 Å². The molecule has 5 atom stereocenters. The molecule has 246 valence electrons. The molecule has 0 saturated carbocycles. The van der Waals surface area contributed by atoms with Crippen LogP contribution >= 0.6 is 34.8 Å². The molecular weight excluding hydrogens is 673 g/mol. The predicted molar refractivity (Wildman–Crippen MR) is 174 cm³/mol. The molecule has 4 aromatic rings. The Balaban J connectivity index is 1.40.